The summed E-state index contributed by atoms with van der Waals surface area (Å²) < 4.78 is 28.2. The van der Waals surface area contributed by atoms with E-state index in [0.29, 0.717) is 35.3 Å². The van der Waals surface area contributed by atoms with Gasteiger partial charge in [-0.15, -0.1) is 0 Å². The van der Waals surface area contributed by atoms with Crippen LogP contribution in [0, 0.1) is 5.92 Å². The zero-order valence-electron chi connectivity index (χ0n) is 23.5. The van der Waals surface area contributed by atoms with Gasteiger partial charge in [0.1, 0.15) is 5.75 Å². The average molecular weight is 527 g/mol. The predicted octanol–water partition coefficient (Wildman–Crippen LogP) is 5.03. The highest BCUT2D eigenvalue weighted by Crippen LogP contribution is 2.41. The lowest BCUT2D eigenvalue weighted by atomic mass is 9.86. The van der Waals surface area contributed by atoms with Crippen LogP contribution >= 0.6 is 0 Å². The smallest absolute Gasteiger partial charge is 0.260 e. The fraction of sp³-hybridized carbons (Fsp3) is 0.567. The average Bonchev–Trinajstić information content (AvgIpc) is 2.96. The number of ether oxygens (including phenoxy) is 5. The van der Waals surface area contributed by atoms with E-state index < -0.39 is 0 Å². The molecule has 1 heterocycles. The first-order valence-corrected chi connectivity index (χ1v) is 13.6. The lowest BCUT2D eigenvalue weighted by Crippen LogP contribution is -2.52. The summed E-state index contributed by atoms with van der Waals surface area (Å²) in [5.74, 6) is 3.54. The van der Waals surface area contributed by atoms with Gasteiger partial charge in [-0.2, -0.15) is 0 Å². The van der Waals surface area contributed by atoms with Gasteiger partial charge in [-0.1, -0.05) is 25.3 Å². The number of likely N-dealkylation sites (N-methyl/N-ethyl adjacent to an activating group) is 1. The van der Waals surface area contributed by atoms with E-state index in [0.717, 1.165) is 50.3 Å². The fourth-order valence-electron chi connectivity index (χ4n) is 5.57. The van der Waals surface area contributed by atoms with Crippen molar-refractivity contribution >= 4 is 5.91 Å². The number of methoxy groups -OCH3 is 4. The van der Waals surface area contributed by atoms with Crippen LogP contribution in [-0.2, 0) is 6.42 Å². The van der Waals surface area contributed by atoms with E-state index in [9.17, 15) is 4.79 Å². The van der Waals surface area contributed by atoms with Gasteiger partial charge in [-0.25, -0.2) is 0 Å². The Hall–Kier alpha value is -3.13. The number of rotatable bonds is 12. The van der Waals surface area contributed by atoms with Crippen molar-refractivity contribution < 1.29 is 28.5 Å². The van der Waals surface area contributed by atoms with E-state index in [1.807, 2.05) is 17.0 Å². The molecule has 1 amide bonds. The summed E-state index contributed by atoms with van der Waals surface area (Å²) in [7, 11) is 8.61. The van der Waals surface area contributed by atoms with Crippen LogP contribution in [0.15, 0.2) is 30.3 Å². The normalized spacial score (nSPS) is 17.7. The zero-order chi connectivity index (χ0) is 27.1. The highest BCUT2D eigenvalue weighted by Gasteiger charge is 2.39. The van der Waals surface area contributed by atoms with Crippen LogP contribution in [0.4, 0.5) is 0 Å². The van der Waals surface area contributed by atoms with Gasteiger partial charge in [0.05, 0.1) is 34.0 Å². The van der Waals surface area contributed by atoms with E-state index in [1.54, 1.807) is 40.6 Å². The van der Waals surface area contributed by atoms with Crippen molar-refractivity contribution in [2.75, 3.05) is 55.1 Å². The Morgan fingerprint density at radius 3 is 2.21 bits per heavy atom. The molecule has 2 aromatic rings. The van der Waals surface area contributed by atoms with Crippen molar-refractivity contribution in [3.05, 3.63) is 41.5 Å². The Labute approximate surface area is 226 Å². The number of carbonyl (C=O) groups excluding carboxylic acids is 1. The van der Waals surface area contributed by atoms with E-state index in [2.05, 4.69) is 18.0 Å². The molecule has 0 bridgehead atoms. The highest BCUT2D eigenvalue weighted by atomic mass is 16.5. The van der Waals surface area contributed by atoms with Crippen molar-refractivity contribution in [2.24, 2.45) is 5.92 Å². The van der Waals surface area contributed by atoms with Gasteiger partial charge < -0.3 is 33.5 Å². The second kappa shape index (κ2) is 13.1. The van der Waals surface area contributed by atoms with E-state index in [1.165, 1.54) is 24.8 Å². The van der Waals surface area contributed by atoms with E-state index in [4.69, 9.17) is 23.7 Å². The third-order valence-corrected chi connectivity index (χ3v) is 7.75. The highest BCUT2D eigenvalue weighted by molar-refractivity contribution is 5.99. The lowest BCUT2D eigenvalue weighted by Gasteiger charge is -2.42. The number of hydrogen-bond acceptors (Lipinski definition) is 7. The minimum Gasteiger partial charge on any atom is -0.493 e. The van der Waals surface area contributed by atoms with Crippen molar-refractivity contribution in [3.63, 3.8) is 0 Å². The predicted molar refractivity (Wildman–Crippen MR) is 147 cm³/mol. The molecule has 8 nitrogen and oxygen atoms in total. The Kier molecular flexibility index (Phi) is 9.61. The second-order valence-electron chi connectivity index (χ2n) is 10.2. The molecular formula is C30H42N2O6. The van der Waals surface area contributed by atoms with Gasteiger partial charge in [-0.3, -0.25) is 4.79 Å². The maximum Gasteiger partial charge on any atom is 0.260 e. The van der Waals surface area contributed by atoms with Gasteiger partial charge in [0.15, 0.2) is 29.2 Å². The van der Waals surface area contributed by atoms with Gasteiger partial charge >= 0.3 is 0 Å². The number of benzene rings is 2. The van der Waals surface area contributed by atoms with Crippen LogP contribution in [0.25, 0.3) is 0 Å². The SMILES string of the molecule is COc1ccc(CCN(C)CCCN2C(=O)c3cc(OC)c(OC)cc3OC2C2CCCCC2)cc1OC. The molecule has 1 fully saturated rings. The molecule has 208 valence electrons. The molecule has 0 radical (unpaired) electrons. The monoisotopic (exact) mass is 526 g/mol. The first-order chi connectivity index (χ1) is 18.5. The molecule has 1 aliphatic heterocycles. The summed E-state index contributed by atoms with van der Waals surface area (Å²) in [4.78, 5) is 18.0. The van der Waals surface area contributed by atoms with Gasteiger partial charge in [0.2, 0.25) is 0 Å². The van der Waals surface area contributed by atoms with Crippen LogP contribution in [0.2, 0.25) is 0 Å². The third-order valence-electron chi connectivity index (χ3n) is 7.75. The van der Waals surface area contributed by atoms with Crippen LogP contribution < -0.4 is 23.7 Å². The quantitative estimate of drug-likeness (QED) is 0.384. The van der Waals surface area contributed by atoms with Crippen molar-refractivity contribution in [2.45, 2.75) is 51.2 Å². The summed E-state index contributed by atoms with van der Waals surface area (Å²) in [5, 5.41) is 0. The number of nitrogens with zero attached hydrogens (tertiary/aromatic N) is 2. The van der Waals surface area contributed by atoms with Crippen molar-refractivity contribution in [1.82, 2.24) is 9.80 Å². The first kappa shape index (κ1) is 27.9. The molecule has 4 rings (SSSR count). The van der Waals surface area contributed by atoms with Crippen molar-refractivity contribution in [3.8, 4) is 28.7 Å². The minimum atomic E-state index is -0.245. The molecule has 1 unspecified atom stereocenters. The molecule has 2 aliphatic rings. The summed E-state index contributed by atoms with van der Waals surface area (Å²) in [6.45, 7) is 2.44. The molecule has 2 aromatic carbocycles. The maximum absolute atomic E-state index is 13.8. The molecule has 0 spiro atoms. The number of carbonyl (C=O) groups is 1. The van der Waals surface area contributed by atoms with Gasteiger partial charge in [0.25, 0.3) is 5.91 Å². The topological polar surface area (TPSA) is 69.7 Å². The molecule has 8 heteroatoms. The Bertz CT molecular complexity index is 1080. The molecular weight excluding hydrogens is 484 g/mol. The summed E-state index contributed by atoms with van der Waals surface area (Å²) in [5.41, 5.74) is 1.74. The maximum atomic E-state index is 13.8. The minimum absolute atomic E-state index is 0.00996. The lowest BCUT2D eigenvalue weighted by molar-refractivity contribution is -0.0307. The summed E-state index contributed by atoms with van der Waals surface area (Å²) in [6, 6.07) is 9.60. The standard InChI is InChI=1S/C30H42N2O6/c1-31(17-14-21-12-13-24(34-2)26(18-21)35-3)15-9-16-32-29(33)23-19-27(36-4)28(37-5)20-25(23)38-30(32)22-10-7-6-8-11-22/h12-13,18-20,22,30H,6-11,14-17H2,1-5H3. The molecule has 1 atom stereocenters. The Morgan fingerprint density at radius 1 is 0.868 bits per heavy atom. The van der Waals surface area contributed by atoms with E-state index >= 15 is 0 Å². The largest absolute Gasteiger partial charge is 0.493 e. The van der Waals surface area contributed by atoms with Crippen LogP contribution in [0.3, 0.4) is 0 Å². The molecule has 1 aliphatic carbocycles. The Balaban J connectivity index is 1.40. The third kappa shape index (κ3) is 6.29. The zero-order valence-corrected chi connectivity index (χ0v) is 23.5. The molecule has 0 saturated heterocycles. The summed E-state index contributed by atoms with van der Waals surface area (Å²) in [6.07, 6.45) is 7.32. The summed E-state index contributed by atoms with van der Waals surface area (Å²) >= 11 is 0. The van der Waals surface area contributed by atoms with Crippen molar-refractivity contribution in [1.29, 1.82) is 0 Å². The van der Waals surface area contributed by atoms with Crippen LogP contribution in [0.1, 0.15) is 54.4 Å². The first-order valence-electron chi connectivity index (χ1n) is 13.6. The molecule has 38 heavy (non-hydrogen) atoms. The van der Waals surface area contributed by atoms with Crippen LogP contribution in [0.5, 0.6) is 28.7 Å². The molecule has 0 aromatic heterocycles. The number of amides is 1. The second-order valence-corrected chi connectivity index (χ2v) is 10.2. The molecule has 0 N–H and O–H groups in total. The van der Waals surface area contributed by atoms with Gasteiger partial charge in [-0.05, 0) is 57.0 Å². The fourth-order valence-corrected chi connectivity index (χ4v) is 5.57. The Morgan fingerprint density at radius 2 is 1.53 bits per heavy atom. The van der Waals surface area contributed by atoms with Crippen LogP contribution in [-0.4, -0.2) is 77.1 Å². The number of hydrogen-bond donors (Lipinski definition) is 0. The van der Waals surface area contributed by atoms with Gasteiger partial charge in [0, 0.05) is 31.1 Å². The molecule has 1 saturated carbocycles. The number of fused-ring (bicyclic) bond motifs is 1. The van der Waals surface area contributed by atoms with E-state index in [-0.39, 0.29) is 12.1 Å².